The lowest BCUT2D eigenvalue weighted by Gasteiger charge is -2.28. The van der Waals surface area contributed by atoms with E-state index < -0.39 is 0 Å². The Morgan fingerprint density at radius 3 is 2.64 bits per heavy atom. The number of thiazole rings is 1. The van der Waals surface area contributed by atoms with Gasteiger partial charge in [0.05, 0.1) is 29.9 Å². The third kappa shape index (κ3) is 3.78. The first kappa shape index (κ1) is 21.9. The van der Waals surface area contributed by atoms with Gasteiger partial charge in [0.2, 0.25) is 0 Å². The monoisotopic (exact) mass is 495 g/mol. The van der Waals surface area contributed by atoms with Crippen molar-refractivity contribution in [3.8, 4) is 10.9 Å². The van der Waals surface area contributed by atoms with E-state index in [0.717, 1.165) is 33.5 Å². The molecule has 9 heteroatoms. The number of hydrogen-bond acceptors (Lipinski definition) is 5. The molecule has 1 aliphatic rings. The summed E-state index contributed by atoms with van der Waals surface area (Å²) in [5.41, 5.74) is 5.19. The molecule has 6 nitrogen and oxygen atoms in total. The highest BCUT2D eigenvalue weighted by atomic mass is 35.5. The maximum atomic E-state index is 6.49. The lowest BCUT2D eigenvalue weighted by molar-refractivity contribution is 0.415. The van der Waals surface area contributed by atoms with Crippen LogP contribution in [0, 0.1) is 13.8 Å². The van der Waals surface area contributed by atoms with Gasteiger partial charge in [-0.05, 0) is 68.0 Å². The van der Waals surface area contributed by atoms with Crippen LogP contribution in [0.15, 0.2) is 60.2 Å². The van der Waals surface area contributed by atoms with E-state index in [4.69, 9.17) is 28.6 Å². The Morgan fingerprint density at radius 2 is 1.97 bits per heavy atom. The van der Waals surface area contributed by atoms with Crippen molar-refractivity contribution in [2.75, 3.05) is 12.0 Å². The Morgan fingerprint density at radius 1 is 1.12 bits per heavy atom. The molecule has 0 spiro atoms. The zero-order chi connectivity index (χ0) is 23.1. The standard InChI is InChI=1S/C24H22ClN5OS2/c1-14-12-17(15(2)29(14)24-27-10-11-33-24)22-21(19-6-4-5-9-26-19)28-23(32)30(22)16-7-8-20(31-3)18(25)13-16/h4-13,21-22H,1-3H3,(H,28,32)/t21-,22+/m1/s1. The maximum Gasteiger partial charge on any atom is 0.193 e. The minimum Gasteiger partial charge on any atom is -0.495 e. The van der Waals surface area contributed by atoms with Gasteiger partial charge >= 0.3 is 0 Å². The summed E-state index contributed by atoms with van der Waals surface area (Å²) in [5.74, 6) is 0.623. The molecule has 3 aromatic heterocycles. The summed E-state index contributed by atoms with van der Waals surface area (Å²) in [7, 11) is 1.61. The molecule has 1 N–H and O–H groups in total. The van der Waals surface area contributed by atoms with Gasteiger partial charge in [0.25, 0.3) is 0 Å². The SMILES string of the molecule is COc1ccc(N2C(=S)N[C@H](c3ccccn3)[C@@H]2c2cc(C)n(-c3nccs3)c2C)cc1Cl. The highest BCUT2D eigenvalue weighted by molar-refractivity contribution is 7.80. The molecule has 1 aliphatic heterocycles. The third-order valence-electron chi connectivity index (χ3n) is 5.91. The van der Waals surface area contributed by atoms with E-state index in [1.807, 2.05) is 54.2 Å². The van der Waals surface area contributed by atoms with E-state index in [1.54, 1.807) is 18.4 Å². The summed E-state index contributed by atoms with van der Waals surface area (Å²) in [4.78, 5) is 11.3. The summed E-state index contributed by atoms with van der Waals surface area (Å²) in [6.07, 6.45) is 3.63. The number of pyridine rings is 1. The quantitative estimate of drug-likeness (QED) is 0.354. The molecule has 0 bridgehead atoms. The van der Waals surface area contributed by atoms with Gasteiger partial charge in [0.1, 0.15) is 5.75 Å². The van der Waals surface area contributed by atoms with Crippen LogP contribution in [0.4, 0.5) is 5.69 Å². The fourth-order valence-corrected chi connectivity index (χ4v) is 5.81. The van der Waals surface area contributed by atoms with Gasteiger partial charge in [0.15, 0.2) is 10.2 Å². The summed E-state index contributed by atoms with van der Waals surface area (Å²) in [6, 6.07) is 13.6. The van der Waals surface area contributed by atoms with Crippen LogP contribution >= 0.6 is 35.2 Å². The Bertz CT molecular complexity index is 1310. The lowest BCUT2D eigenvalue weighted by Crippen LogP contribution is -2.29. The van der Waals surface area contributed by atoms with Crippen molar-refractivity contribution in [2.45, 2.75) is 25.9 Å². The largest absolute Gasteiger partial charge is 0.495 e. The van der Waals surface area contributed by atoms with Crippen LogP contribution in [-0.4, -0.2) is 26.8 Å². The first-order chi connectivity index (χ1) is 16.0. The molecule has 0 saturated carbocycles. The minimum absolute atomic E-state index is 0.128. The Balaban J connectivity index is 1.68. The summed E-state index contributed by atoms with van der Waals surface area (Å²) < 4.78 is 7.54. The molecule has 0 amide bonds. The molecule has 33 heavy (non-hydrogen) atoms. The first-order valence-electron chi connectivity index (χ1n) is 10.4. The van der Waals surface area contributed by atoms with Gasteiger partial charge in [-0.15, -0.1) is 11.3 Å². The molecular formula is C24H22ClN5OS2. The summed E-state index contributed by atoms with van der Waals surface area (Å²) in [6.45, 7) is 4.22. The van der Waals surface area contributed by atoms with Crippen LogP contribution in [-0.2, 0) is 0 Å². The lowest BCUT2D eigenvalue weighted by atomic mass is 9.96. The van der Waals surface area contributed by atoms with Gasteiger partial charge in [-0.1, -0.05) is 17.7 Å². The fraction of sp³-hybridized carbons (Fsp3) is 0.208. The Labute approximate surface area is 206 Å². The number of rotatable bonds is 5. The van der Waals surface area contributed by atoms with Crippen LogP contribution < -0.4 is 15.0 Å². The number of aryl methyl sites for hydroxylation is 1. The fourth-order valence-electron chi connectivity index (χ4n) is 4.46. The molecule has 0 radical (unpaired) electrons. The molecule has 4 aromatic rings. The number of aromatic nitrogens is 3. The normalized spacial score (nSPS) is 17.9. The second-order valence-corrected chi connectivity index (χ2v) is 9.46. The maximum absolute atomic E-state index is 6.49. The van der Waals surface area contributed by atoms with Crippen molar-refractivity contribution in [3.05, 3.63) is 87.9 Å². The van der Waals surface area contributed by atoms with Gasteiger partial charge in [0, 0.05) is 34.8 Å². The van der Waals surface area contributed by atoms with Gasteiger partial charge in [-0.25, -0.2) is 4.98 Å². The highest BCUT2D eigenvalue weighted by Crippen LogP contribution is 2.44. The third-order valence-corrected chi connectivity index (χ3v) is 7.28. The van der Waals surface area contributed by atoms with E-state index in [0.29, 0.717) is 15.9 Å². The Hall–Kier alpha value is -2.94. The number of nitrogens with zero attached hydrogens (tertiary/aromatic N) is 4. The number of ether oxygens (including phenoxy) is 1. The summed E-state index contributed by atoms with van der Waals surface area (Å²) in [5, 5.41) is 7.59. The average molecular weight is 496 g/mol. The second kappa shape index (κ2) is 8.78. The number of hydrogen-bond donors (Lipinski definition) is 1. The molecule has 5 rings (SSSR count). The summed E-state index contributed by atoms with van der Waals surface area (Å²) >= 11 is 13.9. The van der Waals surface area contributed by atoms with Crippen molar-refractivity contribution < 1.29 is 4.74 Å². The predicted octanol–water partition coefficient (Wildman–Crippen LogP) is 5.78. The number of halogens is 1. The van der Waals surface area contributed by atoms with Crippen LogP contribution in [0.1, 0.15) is 34.7 Å². The van der Waals surface area contributed by atoms with E-state index >= 15 is 0 Å². The van der Waals surface area contributed by atoms with E-state index in [2.05, 4.69) is 44.7 Å². The van der Waals surface area contributed by atoms with Crippen LogP contribution in [0.25, 0.3) is 5.13 Å². The Kier molecular flexibility index (Phi) is 5.82. The average Bonchev–Trinajstić information content (AvgIpc) is 3.52. The molecule has 1 fully saturated rings. The molecular weight excluding hydrogens is 474 g/mol. The van der Waals surface area contributed by atoms with Crippen LogP contribution in [0.2, 0.25) is 5.02 Å². The van der Waals surface area contributed by atoms with Gasteiger partial charge in [-0.3, -0.25) is 9.55 Å². The molecule has 0 unspecified atom stereocenters. The highest BCUT2D eigenvalue weighted by Gasteiger charge is 2.42. The van der Waals surface area contributed by atoms with E-state index in [1.165, 1.54) is 0 Å². The minimum atomic E-state index is -0.134. The zero-order valence-electron chi connectivity index (χ0n) is 18.3. The molecule has 1 saturated heterocycles. The van der Waals surface area contributed by atoms with Gasteiger partial charge in [-0.2, -0.15) is 0 Å². The topological polar surface area (TPSA) is 55.2 Å². The van der Waals surface area contributed by atoms with E-state index in [9.17, 15) is 0 Å². The van der Waals surface area contributed by atoms with Crippen molar-refractivity contribution in [1.29, 1.82) is 0 Å². The van der Waals surface area contributed by atoms with Crippen LogP contribution in [0.3, 0.4) is 0 Å². The van der Waals surface area contributed by atoms with E-state index in [-0.39, 0.29) is 12.1 Å². The first-order valence-corrected chi connectivity index (χ1v) is 12.1. The number of nitrogens with one attached hydrogen (secondary N) is 1. The molecule has 2 atom stereocenters. The number of anilines is 1. The number of methoxy groups -OCH3 is 1. The molecule has 1 aromatic carbocycles. The van der Waals surface area contributed by atoms with Crippen molar-refractivity contribution >= 4 is 46.0 Å². The second-order valence-electron chi connectivity index (χ2n) is 7.79. The molecule has 168 valence electrons. The predicted molar refractivity (Wildman–Crippen MR) is 137 cm³/mol. The molecule has 4 heterocycles. The van der Waals surface area contributed by atoms with Gasteiger partial charge < -0.3 is 15.0 Å². The molecule has 0 aliphatic carbocycles. The van der Waals surface area contributed by atoms with Crippen molar-refractivity contribution in [3.63, 3.8) is 0 Å². The smallest absolute Gasteiger partial charge is 0.193 e. The number of benzene rings is 1. The zero-order valence-corrected chi connectivity index (χ0v) is 20.7. The van der Waals surface area contributed by atoms with Crippen LogP contribution in [0.5, 0.6) is 5.75 Å². The van der Waals surface area contributed by atoms with Crippen molar-refractivity contribution in [1.82, 2.24) is 19.9 Å². The van der Waals surface area contributed by atoms with Crippen molar-refractivity contribution in [2.24, 2.45) is 0 Å². The number of thiocarbonyl (C=S) groups is 1.